The highest BCUT2D eigenvalue weighted by atomic mass is 32.2. The Morgan fingerprint density at radius 2 is 1.57 bits per heavy atom. The molecule has 0 atom stereocenters. The van der Waals surface area contributed by atoms with Crippen LogP contribution in [0.25, 0.3) is 0 Å². The second-order valence-corrected chi connectivity index (χ2v) is 6.57. The van der Waals surface area contributed by atoms with Gasteiger partial charge in [0.25, 0.3) is 0 Å². The van der Waals surface area contributed by atoms with Crippen molar-refractivity contribution in [2.45, 2.75) is 0 Å². The van der Waals surface area contributed by atoms with Gasteiger partial charge in [0.05, 0.1) is 6.26 Å². The van der Waals surface area contributed by atoms with Crippen molar-refractivity contribution >= 4 is 15.9 Å². The minimum atomic E-state index is -3.59. The molecule has 120 valence electrons. The topological polar surface area (TPSA) is 78.9 Å². The van der Waals surface area contributed by atoms with Gasteiger partial charge >= 0.3 is 10.1 Å². The van der Waals surface area contributed by atoms with E-state index < -0.39 is 10.1 Å². The minimum absolute atomic E-state index is 0.159. The molecule has 3 rings (SSSR count). The second-order valence-electron chi connectivity index (χ2n) is 5.00. The average Bonchev–Trinajstić information content (AvgIpc) is 2.53. The van der Waals surface area contributed by atoms with Crippen LogP contribution in [-0.2, 0) is 10.1 Å². The van der Waals surface area contributed by atoms with E-state index in [0.717, 1.165) is 6.26 Å². The van der Waals surface area contributed by atoms with Crippen LogP contribution in [0.2, 0.25) is 0 Å². The fourth-order valence-electron chi connectivity index (χ4n) is 2.19. The Balaban J connectivity index is 1.83. The predicted octanol–water partition coefficient (Wildman–Crippen LogP) is 2.03. The molecule has 0 aromatic heterocycles. The largest absolute Gasteiger partial charge is 0.486 e. The first-order valence-electron chi connectivity index (χ1n) is 6.86. The number of fused-ring (bicyclic) bond motifs is 1. The first-order valence-corrected chi connectivity index (χ1v) is 8.68. The molecular formula is C16H14O6S. The third-order valence-corrected chi connectivity index (χ3v) is 3.66. The van der Waals surface area contributed by atoms with E-state index in [0.29, 0.717) is 35.8 Å². The summed E-state index contributed by atoms with van der Waals surface area (Å²) in [5.74, 6) is 1.11. The lowest BCUT2D eigenvalue weighted by molar-refractivity contribution is 0.103. The summed E-state index contributed by atoms with van der Waals surface area (Å²) in [5, 5.41) is 0. The van der Waals surface area contributed by atoms with Gasteiger partial charge in [-0.1, -0.05) is 0 Å². The first kappa shape index (κ1) is 15.4. The number of benzene rings is 2. The first-order chi connectivity index (χ1) is 10.9. The minimum Gasteiger partial charge on any atom is -0.486 e. The van der Waals surface area contributed by atoms with E-state index in [9.17, 15) is 13.2 Å². The van der Waals surface area contributed by atoms with Crippen LogP contribution in [0.15, 0.2) is 42.5 Å². The molecule has 0 saturated carbocycles. The lowest BCUT2D eigenvalue weighted by Gasteiger charge is -2.18. The molecule has 0 saturated heterocycles. The quantitative estimate of drug-likeness (QED) is 0.629. The van der Waals surface area contributed by atoms with Gasteiger partial charge in [0, 0.05) is 11.1 Å². The van der Waals surface area contributed by atoms with Crippen molar-refractivity contribution in [2.24, 2.45) is 0 Å². The zero-order chi connectivity index (χ0) is 16.4. The maximum Gasteiger partial charge on any atom is 0.306 e. The number of carbonyl (C=O) groups is 1. The molecule has 0 amide bonds. The monoisotopic (exact) mass is 334 g/mol. The Kier molecular flexibility index (Phi) is 3.96. The molecular weight excluding hydrogens is 320 g/mol. The molecule has 1 aliphatic heterocycles. The molecule has 0 N–H and O–H groups in total. The van der Waals surface area contributed by atoms with E-state index in [-0.39, 0.29) is 11.5 Å². The fourth-order valence-corrected chi connectivity index (χ4v) is 2.65. The van der Waals surface area contributed by atoms with Gasteiger partial charge in [-0.3, -0.25) is 4.79 Å². The van der Waals surface area contributed by atoms with E-state index >= 15 is 0 Å². The molecule has 7 heteroatoms. The van der Waals surface area contributed by atoms with Gasteiger partial charge in [0.2, 0.25) is 0 Å². The summed E-state index contributed by atoms with van der Waals surface area (Å²) < 4.78 is 37.7. The third kappa shape index (κ3) is 3.62. The van der Waals surface area contributed by atoms with Gasteiger partial charge in [0.1, 0.15) is 19.0 Å². The summed E-state index contributed by atoms with van der Waals surface area (Å²) >= 11 is 0. The summed E-state index contributed by atoms with van der Waals surface area (Å²) in [6.07, 6.45) is 0.960. The SMILES string of the molecule is CS(=O)(=O)Oc1ccc(C(=O)c2ccc3c(c2)OCCO3)cc1. The summed E-state index contributed by atoms with van der Waals surface area (Å²) in [6.45, 7) is 0.935. The molecule has 6 nitrogen and oxygen atoms in total. The molecule has 0 fully saturated rings. The molecule has 1 heterocycles. The molecule has 0 spiro atoms. The number of hydrogen-bond donors (Lipinski definition) is 0. The molecule has 0 aliphatic carbocycles. The van der Waals surface area contributed by atoms with Crippen LogP contribution >= 0.6 is 0 Å². The lowest BCUT2D eigenvalue weighted by Crippen LogP contribution is -2.15. The Bertz CT molecular complexity index is 839. The number of rotatable bonds is 4. The van der Waals surface area contributed by atoms with Crippen molar-refractivity contribution in [1.29, 1.82) is 0 Å². The molecule has 1 aliphatic rings. The lowest BCUT2D eigenvalue weighted by atomic mass is 10.0. The summed E-state index contributed by atoms with van der Waals surface area (Å²) in [4.78, 5) is 12.5. The van der Waals surface area contributed by atoms with Gasteiger partial charge in [-0.15, -0.1) is 0 Å². The number of ketones is 1. The highest BCUT2D eigenvalue weighted by Gasteiger charge is 2.16. The van der Waals surface area contributed by atoms with E-state index in [1.807, 2.05) is 0 Å². The highest BCUT2D eigenvalue weighted by molar-refractivity contribution is 7.86. The van der Waals surface area contributed by atoms with E-state index in [2.05, 4.69) is 0 Å². The van der Waals surface area contributed by atoms with Crippen LogP contribution in [-0.4, -0.2) is 33.7 Å². The van der Waals surface area contributed by atoms with Crippen molar-refractivity contribution in [1.82, 2.24) is 0 Å². The van der Waals surface area contributed by atoms with Crippen LogP contribution in [0.4, 0.5) is 0 Å². The highest BCUT2D eigenvalue weighted by Crippen LogP contribution is 2.31. The zero-order valence-corrected chi connectivity index (χ0v) is 13.1. The zero-order valence-electron chi connectivity index (χ0n) is 12.3. The van der Waals surface area contributed by atoms with Crippen LogP contribution in [0.1, 0.15) is 15.9 Å². The van der Waals surface area contributed by atoms with Gasteiger partial charge in [-0.25, -0.2) is 0 Å². The maximum absolute atomic E-state index is 12.5. The van der Waals surface area contributed by atoms with Crippen LogP contribution in [0.5, 0.6) is 17.2 Å². The van der Waals surface area contributed by atoms with Gasteiger partial charge < -0.3 is 13.7 Å². The molecule has 0 unspecified atom stereocenters. The molecule has 2 aromatic carbocycles. The average molecular weight is 334 g/mol. The summed E-state index contributed by atoms with van der Waals surface area (Å²) in [5.41, 5.74) is 0.883. The van der Waals surface area contributed by atoms with Crippen molar-refractivity contribution in [3.63, 3.8) is 0 Å². The van der Waals surface area contributed by atoms with Crippen molar-refractivity contribution in [2.75, 3.05) is 19.5 Å². The number of carbonyl (C=O) groups excluding carboxylic acids is 1. The summed E-state index contributed by atoms with van der Waals surface area (Å²) in [6, 6.07) is 10.9. The standard InChI is InChI=1S/C16H14O6S/c1-23(18,19)22-13-5-2-11(3-6-13)16(17)12-4-7-14-15(10-12)21-9-8-20-14/h2-7,10H,8-9H2,1H3. The molecule has 2 aromatic rings. The number of ether oxygens (including phenoxy) is 2. The Labute approximate surface area is 133 Å². The predicted molar refractivity (Wildman–Crippen MR) is 82.8 cm³/mol. The fraction of sp³-hybridized carbons (Fsp3) is 0.188. The van der Waals surface area contributed by atoms with Gasteiger partial charge in [-0.2, -0.15) is 8.42 Å². The van der Waals surface area contributed by atoms with Crippen LogP contribution in [0.3, 0.4) is 0 Å². The number of hydrogen-bond acceptors (Lipinski definition) is 6. The Morgan fingerprint density at radius 3 is 2.22 bits per heavy atom. The van der Waals surface area contributed by atoms with Gasteiger partial charge in [-0.05, 0) is 42.5 Å². The summed E-state index contributed by atoms with van der Waals surface area (Å²) in [7, 11) is -3.59. The normalized spacial score (nSPS) is 13.4. The van der Waals surface area contributed by atoms with Crippen LogP contribution < -0.4 is 13.7 Å². The Morgan fingerprint density at radius 1 is 0.957 bits per heavy atom. The Hall–Kier alpha value is -2.54. The van der Waals surface area contributed by atoms with E-state index in [4.69, 9.17) is 13.7 Å². The molecule has 0 radical (unpaired) electrons. The second kappa shape index (κ2) is 5.92. The molecule has 23 heavy (non-hydrogen) atoms. The van der Waals surface area contributed by atoms with Gasteiger partial charge in [0.15, 0.2) is 17.3 Å². The van der Waals surface area contributed by atoms with Crippen molar-refractivity contribution < 1.29 is 26.9 Å². The molecule has 0 bridgehead atoms. The van der Waals surface area contributed by atoms with E-state index in [1.54, 1.807) is 18.2 Å². The van der Waals surface area contributed by atoms with Crippen molar-refractivity contribution in [3.05, 3.63) is 53.6 Å². The van der Waals surface area contributed by atoms with E-state index in [1.165, 1.54) is 24.3 Å². The van der Waals surface area contributed by atoms with Crippen LogP contribution in [0, 0.1) is 0 Å². The maximum atomic E-state index is 12.5. The smallest absolute Gasteiger partial charge is 0.306 e. The van der Waals surface area contributed by atoms with Crippen molar-refractivity contribution in [3.8, 4) is 17.2 Å². The third-order valence-electron chi connectivity index (χ3n) is 3.17.